The molecule has 112 valence electrons. The quantitative estimate of drug-likeness (QED) is 0.568. The van der Waals surface area contributed by atoms with Crippen LogP contribution in [0.25, 0.3) is 0 Å². The molecule has 0 nitrogen and oxygen atoms in total. The van der Waals surface area contributed by atoms with Gasteiger partial charge in [0.1, 0.15) is 0 Å². The highest BCUT2D eigenvalue weighted by Crippen LogP contribution is 2.51. The second kappa shape index (κ2) is 6.13. The van der Waals surface area contributed by atoms with Crippen molar-refractivity contribution in [2.24, 2.45) is 0 Å². The molecule has 1 heterocycles. The van der Waals surface area contributed by atoms with Crippen molar-refractivity contribution < 1.29 is 0 Å². The molecule has 0 saturated heterocycles. The van der Waals surface area contributed by atoms with Gasteiger partial charge in [0, 0.05) is 9.64 Å². The summed E-state index contributed by atoms with van der Waals surface area (Å²) in [6, 6.07) is 7.23. The van der Waals surface area contributed by atoms with Gasteiger partial charge in [-0.3, -0.25) is 0 Å². The third kappa shape index (κ3) is 3.81. The molecule has 0 spiro atoms. The van der Waals surface area contributed by atoms with Crippen LogP contribution in [0.3, 0.4) is 0 Å². The molecule has 1 aliphatic heterocycles. The van der Waals surface area contributed by atoms with Crippen LogP contribution in [-0.2, 0) is 11.8 Å². The monoisotopic (exact) mass is 290 g/mol. The highest BCUT2D eigenvalue weighted by Gasteiger charge is 2.37. The summed E-state index contributed by atoms with van der Waals surface area (Å²) in [6.45, 7) is 11.8. The van der Waals surface area contributed by atoms with E-state index in [0.717, 1.165) is 0 Å². The molecule has 0 radical (unpaired) electrons. The zero-order valence-corrected chi connectivity index (χ0v) is 14.7. The molecule has 0 unspecified atom stereocenters. The van der Waals surface area contributed by atoms with Crippen LogP contribution in [0.15, 0.2) is 23.1 Å². The molecule has 1 aliphatic rings. The van der Waals surface area contributed by atoms with Crippen molar-refractivity contribution >= 4 is 11.8 Å². The summed E-state index contributed by atoms with van der Waals surface area (Å²) in [4.78, 5) is 1.53. The van der Waals surface area contributed by atoms with Crippen molar-refractivity contribution in [2.75, 3.05) is 0 Å². The van der Waals surface area contributed by atoms with Crippen molar-refractivity contribution in [2.45, 2.75) is 88.2 Å². The molecule has 2 rings (SSSR count). The summed E-state index contributed by atoms with van der Waals surface area (Å²) in [6.07, 6.45) is 7.91. The first-order chi connectivity index (χ1) is 9.34. The topological polar surface area (TPSA) is 0 Å². The summed E-state index contributed by atoms with van der Waals surface area (Å²) in [7, 11) is 0. The van der Waals surface area contributed by atoms with Crippen LogP contribution in [0.5, 0.6) is 0 Å². The minimum absolute atomic E-state index is 0.310. The molecule has 0 bridgehead atoms. The number of rotatable bonds is 5. The first-order valence-electron chi connectivity index (χ1n) is 8.16. The largest absolute Gasteiger partial charge is 0.120 e. The second-order valence-electron chi connectivity index (χ2n) is 7.56. The Balaban J connectivity index is 2.14. The van der Waals surface area contributed by atoms with Gasteiger partial charge in [-0.15, -0.1) is 11.8 Å². The van der Waals surface area contributed by atoms with Gasteiger partial charge < -0.3 is 0 Å². The Labute approximate surface area is 129 Å². The molecular weight excluding hydrogens is 260 g/mol. The lowest BCUT2D eigenvalue weighted by molar-refractivity contribution is 0.408. The summed E-state index contributed by atoms with van der Waals surface area (Å²) in [5, 5.41) is 0. The lowest BCUT2D eigenvalue weighted by Gasteiger charge is -2.41. The van der Waals surface area contributed by atoms with Gasteiger partial charge in [0.05, 0.1) is 0 Å². The summed E-state index contributed by atoms with van der Waals surface area (Å²) in [5.74, 6) is 0. The van der Waals surface area contributed by atoms with E-state index in [1.807, 2.05) is 0 Å². The highest BCUT2D eigenvalue weighted by atomic mass is 32.2. The zero-order valence-electron chi connectivity index (χ0n) is 13.9. The smallest absolute Gasteiger partial charge is 0.0159 e. The van der Waals surface area contributed by atoms with Crippen LogP contribution < -0.4 is 0 Å². The third-order valence-electron chi connectivity index (χ3n) is 4.35. The van der Waals surface area contributed by atoms with E-state index in [1.54, 1.807) is 5.56 Å². The molecule has 1 aromatic rings. The second-order valence-corrected chi connectivity index (χ2v) is 9.31. The predicted molar refractivity (Wildman–Crippen MR) is 91.9 cm³/mol. The zero-order chi connectivity index (χ0) is 14.8. The summed E-state index contributed by atoms with van der Waals surface area (Å²) >= 11 is 2.07. The van der Waals surface area contributed by atoms with Gasteiger partial charge in [-0.1, -0.05) is 66.0 Å². The Morgan fingerprint density at radius 2 is 1.80 bits per heavy atom. The molecule has 0 aromatic heterocycles. The molecule has 0 saturated carbocycles. The average molecular weight is 291 g/mol. The van der Waals surface area contributed by atoms with Crippen molar-refractivity contribution in [3.8, 4) is 0 Å². The maximum absolute atomic E-state index is 2.47. The van der Waals surface area contributed by atoms with E-state index in [-0.39, 0.29) is 0 Å². The molecule has 20 heavy (non-hydrogen) atoms. The van der Waals surface area contributed by atoms with Gasteiger partial charge >= 0.3 is 0 Å². The molecule has 1 aromatic carbocycles. The van der Waals surface area contributed by atoms with Gasteiger partial charge in [-0.2, -0.15) is 0 Å². The summed E-state index contributed by atoms with van der Waals surface area (Å²) < 4.78 is 0.358. The SMILES string of the molecule is CCCCCCc1ccc2c(c1)SC(C)(C)CC2(C)C. The Morgan fingerprint density at radius 1 is 1.05 bits per heavy atom. The van der Waals surface area contributed by atoms with Crippen LogP contribution in [0.4, 0.5) is 0 Å². The summed E-state index contributed by atoms with van der Waals surface area (Å²) in [5.41, 5.74) is 3.39. The van der Waals surface area contributed by atoms with Crippen molar-refractivity contribution in [1.82, 2.24) is 0 Å². The number of hydrogen-bond donors (Lipinski definition) is 0. The first-order valence-corrected chi connectivity index (χ1v) is 8.98. The number of unbranched alkanes of at least 4 members (excludes halogenated alkanes) is 3. The van der Waals surface area contributed by atoms with E-state index in [4.69, 9.17) is 0 Å². The minimum Gasteiger partial charge on any atom is -0.120 e. The molecular formula is C19H30S. The highest BCUT2D eigenvalue weighted by molar-refractivity contribution is 8.00. The predicted octanol–water partition coefficient (Wildman–Crippen LogP) is 6.36. The van der Waals surface area contributed by atoms with Crippen LogP contribution >= 0.6 is 11.8 Å². The van der Waals surface area contributed by atoms with E-state index in [9.17, 15) is 0 Å². The van der Waals surface area contributed by atoms with E-state index < -0.39 is 0 Å². The molecule has 0 aliphatic carbocycles. The normalized spacial score (nSPS) is 19.6. The molecule has 0 atom stereocenters. The number of fused-ring (bicyclic) bond motifs is 1. The fourth-order valence-corrected chi connectivity index (χ4v) is 5.31. The molecule has 0 N–H and O–H groups in total. The Bertz CT molecular complexity index is 457. The number of benzene rings is 1. The van der Waals surface area contributed by atoms with Crippen LogP contribution in [0, 0.1) is 0 Å². The van der Waals surface area contributed by atoms with Gasteiger partial charge in [-0.05, 0) is 41.9 Å². The Morgan fingerprint density at radius 3 is 2.50 bits per heavy atom. The molecule has 0 amide bonds. The number of aryl methyl sites for hydroxylation is 1. The molecule has 1 heteroatoms. The van der Waals surface area contributed by atoms with Gasteiger partial charge in [-0.25, -0.2) is 0 Å². The Kier molecular flexibility index (Phi) is 4.89. The maximum atomic E-state index is 2.47. The van der Waals surface area contributed by atoms with E-state index in [0.29, 0.717) is 10.2 Å². The lowest BCUT2D eigenvalue weighted by atomic mass is 9.76. The van der Waals surface area contributed by atoms with Crippen molar-refractivity contribution in [3.63, 3.8) is 0 Å². The van der Waals surface area contributed by atoms with Gasteiger partial charge in [0.15, 0.2) is 0 Å². The van der Waals surface area contributed by atoms with Crippen molar-refractivity contribution in [3.05, 3.63) is 29.3 Å². The fourth-order valence-electron chi connectivity index (χ4n) is 3.61. The number of hydrogen-bond acceptors (Lipinski definition) is 1. The van der Waals surface area contributed by atoms with Crippen LogP contribution in [0.1, 0.15) is 77.8 Å². The van der Waals surface area contributed by atoms with E-state index in [1.165, 1.54) is 49.0 Å². The van der Waals surface area contributed by atoms with Gasteiger partial charge in [0.25, 0.3) is 0 Å². The third-order valence-corrected chi connectivity index (χ3v) is 5.60. The molecule has 0 fully saturated rings. The van der Waals surface area contributed by atoms with E-state index in [2.05, 4.69) is 64.6 Å². The van der Waals surface area contributed by atoms with Gasteiger partial charge in [0.2, 0.25) is 0 Å². The minimum atomic E-state index is 0.310. The fraction of sp³-hybridized carbons (Fsp3) is 0.684. The maximum Gasteiger partial charge on any atom is 0.0159 e. The van der Waals surface area contributed by atoms with Crippen molar-refractivity contribution in [1.29, 1.82) is 0 Å². The van der Waals surface area contributed by atoms with Crippen LogP contribution in [-0.4, -0.2) is 4.75 Å². The van der Waals surface area contributed by atoms with E-state index >= 15 is 0 Å². The standard InChI is InChI=1S/C19H30S/c1-6-7-8-9-10-15-11-12-16-17(13-15)20-19(4,5)14-18(16,2)3/h11-13H,6-10,14H2,1-5H3. The van der Waals surface area contributed by atoms with Crippen LogP contribution in [0.2, 0.25) is 0 Å². The number of thioether (sulfide) groups is 1. The Hall–Kier alpha value is -0.430. The first kappa shape index (κ1) is 15.9. The lowest BCUT2D eigenvalue weighted by Crippen LogP contribution is -2.33. The average Bonchev–Trinajstić information content (AvgIpc) is 2.31.